The zero-order chi connectivity index (χ0) is 24.9. The molecule has 0 amide bonds. The van der Waals surface area contributed by atoms with Gasteiger partial charge in [-0.05, 0) is 86.1 Å². The van der Waals surface area contributed by atoms with Gasteiger partial charge in [-0.25, -0.2) is 9.37 Å². The second-order valence-corrected chi connectivity index (χ2v) is 11.1. The first-order valence-corrected chi connectivity index (χ1v) is 13.6. The molecule has 2 aromatic heterocycles. The molecule has 0 bridgehead atoms. The van der Waals surface area contributed by atoms with E-state index in [9.17, 15) is 4.39 Å². The molecule has 37 heavy (non-hydrogen) atoms. The molecule has 1 saturated carbocycles. The summed E-state index contributed by atoms with van der Waals surface area (Å²) in [6.07, 6.45) is 7.15. The van der Waals surface area contributed by atoms with Crippen molar-refractivity contribution in [2.75, 3.05) is 13.1 Å². The third-order valence-corrected chi connectivity index (χ3v) is 8.37. The maximum Gasteiger partial charge on any atom is 0.123 e. The number of likely N-dealkylation sites (tertiary alicyclic amines) is 1. The van der Waals surface area contributed by atoms with Gasteiger partial charge >= 0.3 is 0 Å². The Balaban J connectivity index is 1.07. The fraction of sp³-hybridized carbons (Fsp3) is 0.344. The fourth-order valence-corrected chi connectivity index (χ4v) is 6.18. The van der Waals surface area contributed by atoms with Crippen LogP contribution in [0.4, 0.5) is 4.39 Å². The van der Waals surface area contributed by atoms with Crippen LogP contribution in [0.15, 0.2) is 72.9 Å². The van der Waals surface area contributed by atoms with Crippen LogP contribution in [0.2, 0.25) is 0 Å². The molecule has 1 saturated heterocycles. The summed E-state index contributed by atoms with van der Waals surface area (Å²) in [7, 11) is 2.08. The lowest BCUT2D eigenvalue weighted by Gasteiger charge is -2.32. The molecule has 3 aromatic carbocycles. The van der Waals surface area contributed by atoms with E-state index in [1.165, 1.54) is 46.7 Å². The smallest absolute Gasteiger partial charge is 0.123 e. The summed E-state index contributed by atoms with van der Waals surface area (Å²) in [5.74, 6) is 2.48. The Labute approximate surface area is 217 Å². The third kappa shape index (κ3) is 4.36. The van der Waals surface area contributed by atoms with Gasteiger partial charge < -0.3 is 9.13 Å². The zero-order valence-electron chi connectivity index (χ0n) is 21.4. The molecule has 0 spiro atoms. The van der Waals surface area contributed by atoms with Crippen molar-refractivity contribution in [2.45, 2.75) is 44.7 Å². The summed E-state index contributed by atoms with van der Waals surface area (Å²) in [6.45, 7) is 4.28. The maximum atomic E-state index is 13.8. The molecular formula is C32H33FN4. The van der Waals surface area contributed by atoms with Crippen LogP contribution in [0.25, 0.3) is 33.1 Å². The fourth-order valence-electron chi connectivity index (χ4n) is 6.18. The largest absolute Gasteiger partial charge is 0.350 e. The number of para-hydroxylation sites is 2. The van der Waals surface area contributed by atoms with Crippen LogP contribution < -0.4 is 0 Å². The number of hydrogen-bond donors (Lipinski definition) is 0. The Hall–Kier alpha value is -3.44. The van der Waals surface area contributed by atoms with E-state index in [0.717, 1.165) is 61.6 Å². The molecule has 0 atom stereocenters. The Bertz CT molecular complexity index is 1580. The van der Waals surface area contributed by atoms with Crippen LogP contribution in [0, 0.1) is 11.7 Å². The van der Waals surface area contributed by atoms with E-state index >= 15 is 0 Å². The van der Waals surface area contributed by atoms with Gasteiger partial charge in [0.05, 0.1) is 11.0 Å². The first-order chi connectivity index (χ1) is 18.1. The summed E-state index contributed by atoms with van der Waals surface area (Å²) in [5.41, 5.74) is 6.99. The molecule has 0 radical (unpaired) electrons. The van der Waals surface area contributed by atoms with Crippen molar-refractivity contribution < 1.29 is 4.39 Å². The Kier molecular flexibility index (Phi) is 5.62. The highest BCUT2D eigenvalue weighted by molar-refractivity contribution is 5.96. The van der Waals surface area contributed by atoms with E-state index in [-0.39, 0.29) is 5.82 Å². The predicted molar refractivity (Wildman–Crippen MR) is 148 cm³/mol. The molecule has 2 aliphatic rings. The van der Waals surface area contributed by atoms with Crippen LogP contribution >= 0.6 is 0 Å². The first-order valence-electron chi connectivity index (χ1n) is 13.6. The van der Waals surface area contributed by atoms with Crippen LogP contribution in [0.3, 0.4) is 0 Å². The van der Waals surface area contributed by atoms with Gasteiger partial charge in [-0.15, -0.1) is 0 Å². The molecule has 188 valence electrons. The lowest BCUT2D eigenvalue weighted by Crippen LogP contribution is -2.33. The molecule has 2 fully saturated rings. The van der Waals surface area contributed by atoms with Gasteiger partial charge in [0.15, 0.2) is 0 Å². The first kappa shape index (κ1) is 22.7. The van der Waals surface area contributed by atoms with Crippen LogP contribution in [-0.2, 0) is 20.1 Å². The van der Waals surface area contributed by atoms with Gasteiger partial charge in [0.25, 0.3) is 0 Å². The predicted octanol–water partition coefficient (Wildman–Crippen LogP) is 7.12. The normalized spacial score (nSPS) is 17.2. The highest BCUT2D eigenvalue weighted by Gasteiger charge is 2.29. The van der Waals surface area contributed by atoms with Crippen molar-refractivity contribution >= 4 is 21.9 Å². The van der Waals surface area contributed by atoms with Gasteiger partial charge in [-0.1, -0.05) is 36.4 Å². The monoisotopic (exact) mass is 492 g/mol. The highest BCUT2D eigenvalue weighted by atomic mass is 19.1. The van der Waals surface area contributed by atoms with E-state index in [1.54, 1.807) is 12.1 Å². The Morgan fingerprint density at radius 1 is 0.892 bits per heavy atom. The number of hydrogen-bond acceptors (Lipinski definition) is 2. The van der Waals surface area contributed by atoms with Crippen molar-refractivity contribution in [1.82, 2.24) is 19.0 Å². The minimum absolute atomic E-state index is 0.197. The number of halogens is 1. The lowest BCUT2D eigenvalue weighted by atomic mass is 9.95. The summed E-state index contributed by atoms with van der Waals surface area (Å²) < 4.78 is 18.5. The number of benzene rings is 3. The quantitative estimate of drug-likeness (QED) is 0.252. The van der Waals surface area contributed by atoms with Crippen molar-refractivity contribution in [3.05, 3.63) is 90.1 Å². The number of nitrogens with zero attached hydrogens (tertiary/aromatic N) is 4. The van der Waals surface area contributed by atoms with Crippen molar-refractivity contribution in [3.8, 4) is 11.1 Å². The Morgan fingerprint density at radius 2 is 1.73 bits per heavy atom. The second kappa shape index (κ2) is 9.14. The molecule has 1 aliphatic heterocycles. The molecule has 5 aromatic rings. The summed E-state index contributed by atoms with van der Waals surface area (Å²) in [4.78, 5) is 7.71. The van der Waals surface area contributed by atoms with E-state index in [1.807, 2.05) is 6.07 Å². The molecule has 0 N–H and O–H groups in total. The molecule has 7 rings (SSSR count). The Morgan fingerprint density at radius 3 is 2.54 bits per heavy atom. The van der Waals surface area contributed by atoms with Gasteiger partial charge in [0.1, 0.15) is 11.6 Å². The number of aryl methyl sites for hydroxylation is 1. The van der Waals surface area contributed by atoms with Gasteiger partial charge in [0.2, 0.25) is 0 Å². The average Bonchev–Trinajstić information content (AvgIpc) is 3.58. The molecule has 0 unspecified atom stereocenters. The topological polar surface area (TPSA) is 26.0 Å². The van der Waals surface area contributed by atoms with Crippen molar-refractivity contribution in [2.24, 2.45) is 13.0 Å². The van der Waals surface area contributed by atoms with Gasteiger partial charge in [-0.2, -0.15) is 0 Å². The molecule has 4 nitrogen and oxygen atoms in total. The van der Waals surface area contributed by atoms with E-state index in [2.05, 4.69) is 69.7 Å². The SMILES string of the molecule is Cn1cc(-c2cccc(F)c2)c2ccc(CN3CCC(c4nc5ccccc5n4CC4CC4)CC3)cc21. The number of piperidine rings is 1. The van der Waals surface area contributed by atoms with E-state index < -0.39 is 0 Å². The molecular weight excluding hydrogens is 459 g/mol. The standard InChI is InChI=1S/C32H33FN4/c1-35-21-28(25-5-4-6-26(33)18-25)27-12-11-23(17-31(27)35)19-36-15-13-24(14-16-36)32-34-29-7-2-3-8-30(29)37(32)20-22-9-10-22/h2-8,11-12,17-18,21-22,24H,9-10,13-16,19-20H2,1H3. The van der Waals surface area contributed by atoms with E-state index in [4.69, 9.17) is 4.98 Å². The number of fused-ring (bicyclic) bond motifs is 2. The molecule has 5 heteroatoms. The minimum atomic E-state index is -0.197. The molecule has 1 aliphatic carbocycles. The number of imidazole rings is 1. The highest BCUT2D eigenvalue weighted by Crippen LogP contribution is 2.36. The summed E-state index contributed by atoms with van der Waals surface area (Å²) in [5, 5.41) is 1.17. The maximum absolute atomic E-state index is 13.8. The molecule has 3 heterocycles. The summed E-state index contributed by atoms with van der Waals surface area (Å²) >= 11 is 0. The summed E-state index contributed by atoms with van der Waals surface area (Å²) in [6, 6.07) is 22.3. The number of rotatable bonds is 6. The zero-order valence-corrected chi connectivity index (χ0v) is 21.4. The third-order valence-electron chi connectivity index (χ3n) is 8.37. The average molecular weight is 493 g/mol. The van der Waals surface area contributed by atoms with E-state index in [0.29, 0.717) is 5.92 Å². The van der Waals surface area contributed by atoms with Gasteiger partial charge in [0, 0.05) is 48.7 Å². The van der Waals surface area contributed by atoms with Crippen LogP contribution in [0.1, 0.15) is 43.0 Å². The lowest BCUT2D eigenvalue weighted by molar-refractivity contribution is 0.200. The second-order valence-electron chi connectivity index (χ2n) is 11.1. The van der Waals surface area contributed by atoms with Crippen molar-refractivity contribution in [1.29, 1.82) is 0 Å². The van der Waals surface area contributed by atoms with Crippen molar-refractivity contribution in [3.63, 3.8) is 0 Å². The minimum Gasteiger partial charge on any atom is -0.350 e. The van der Waals surface area contributed by atoms with Crippen LogP contribution in [0.5, 0.6) is 0 Å². The van der Waals surface area contributed by atoms with Gasteiger partial charge in [-0.3, -0.25) is 4.90 Å². The number of aromatic nitrogens is 3. The van der Waals surface area contributed by atoms with Crippen LogP contribution in [-0.4, -0.2) is 32.1 Å².